The Bertz CT molecular complexity index is 982. The predicted molar refractivity (Wildman–Crippen MR) is 99.8 cm³/mol. The van der Waals surface area contributed by atoms with E-state index >= 15 is 0 Å². The summed E-state index contributed by atoms with van der Waals surface area (Å²) in [5.74, 6) is 0.0267. The van der Waals surface area contributed by atoms with Gasteiger partial charge in [0.2, 0.25) is 5.91 Å². The zero-order valence-corrected chi connectivity index (χ0v) is 14.9. The number of rotatable bonds is 5. The predicted octanol–water partition coefficient (Wildman–Crippen LogP) is 2.09. The number of amides is 1. The Morgan fingerprint density at radius 1 is 1.00 bits per heavy atom. The fourth-order valence-electron chi connectivity index (χ4n) is 3.12. The van der Waals surface area contributed by atoms with E-state index in [1.165, 1.54) is 0 Å². The number of aryl methyl sites for hydroxylation is 3. The van der Waals surface area contributed by atoms with Crippen molar-refractivity contribution >= 4 is 16.9 Å². The number of imidazole rings is 1. The van der Waals surface area contributed by atoms with Crippen LogP contribution in [0.3, 0.4) is 0 Å². The largest absolute Gasteiger partial charge is 0.355 e. The lowest BCUT2D eigenvalue weighted by molar-refractivity contribution is -0.120. The molecule has 1 aromatic heterocycles. The lowest BCUT2D eigenvalue weighted by atomic mass is 10.1. The van der Waals surface area contributed by atoms with Crippen LogP contribution in [0.2, 0.25) is 0 Å². The van der Waals surface area contributed by atoms with Crippen molar-refractivity contribution in [1.29, 1.82) is 0 Å². The number of fused-ring (bicyclic) bond motifs is 1. The summed E-state index contributed by atoms with van der Waals surface area (Å²) in [6.07, 6.45) is 1.13. The number of hydrogen-bond acceptors (Lipinski definition) is 2. The van der Waals surface area contributed by atoms with Gasteiger partial charge in [-0.15, -0.1) is 0 Å². The average Bonchev–Trinajstić information content (AvgIpc) is 2.79. The zero-order chi connectivity index (χ0) is 18.0. The summed E-state index contributed by atoms with van der Waals surface area (Å²) in [5, 5.41) is 2.97. The third-order valence-corrected chi connectivity index (χ3v) is 4.52. The van der Waals surface area contributed by atoms with Crippen LogP contribution in [-0.4, -0.2) is 21.6 Å². The lowest BCUT2D eigenvalue weighted by Crippen LogP contribution is -2.27. The number of carbonyl (C=O) groups is 1. The highest BCUT2D eigenvalue weighted by Crippen LogP contribution is 2.14. The molecular formula is C20H23N3O2. The molecule has 0 aliphatic heterocycles. The number of carbonyl (C=O) groups excluding carboxylic acids is 1. The first kappa shape index (κ1) is 17.0. The molecule has 5 heteroatoms. The molecule has 5 nitrogen and oxygen atoms in total. The van der Waals surface area contributed by atoms with E-state index in [2.05, 4.69) is 5.32 Å². The van der Waals surface area contributed by atoms with Crippen molar-refractivity contribution in [3.05, 3.63) is 69.6 Å². The van der Waals surface area contributed by atoms with Crippen molar-refractivity contribution in [3.63, 3.8) is 0 Å². The van der Waals surface area contributed by atoms with Crippen LogP contribution in [0.5, 0.6) is 0 Å². The van der Waals surface area contributed by atoms with Crippen LogP contribution in [-0.2, 0) is 31.7 Å². The highest BCUT2D eigenvalue weighted by atomic mass is 16.2. The van der Waals surface area contributed by atoms with Crippen molar-refractivity contribution in [2.75, 3.05) is 6.54 Å². The van der Waals surface area contributed by atoms with Gasteiger partial charge in [0.15, 0.2) is 0 Å². The number of benzene rings is 2. The fraction of sp³-hybridized carbons (Fsp3) is 0.300. The zero-order valence-electron chi connectivity index (χ0n) is 14.9. The Morgan fingerprint density at radius 2 is 1.76 bits per heavy atom. The van der Waals surface area contributed by atoms with E-state index in [0.717, 1.165) is 34.1 Å². The van der Waals surface area contributed by atoms with Gasteiger partial charge >= 0.3 is 5.69 Å². The molecule has 0 aliphatic rings. The van der Waals surface area contributed by atoms with Crippen LogP contribution in [0.25, 0.3) is 11.0 Å². The van der Waals surface area contributed by atoms with Gasteiger partial charge in [0.1, 0.15) is 0 Å². The standard InChI is InChI=1S/C20H23N3O2/c1-14-5-4-6-16(11-14)13-19(24)21-10-9-15-7-8-17-18(12-15)23(3)20(25)22(17)2/h4-8,11-12H,9-10,13H2,1-3H3,(H,21,24). The molecule has 0 aliphatic carbocycles. The van der Waals surface area contributed by atoms with Crippen molar-refractivity contribution in [3.8, 4) is 0 Å². The number of nitrogens with one attached hydrogen (secondary N) is 1. The average molecular weight is 337 g/mol. The molecule has 2 aromatic carbocycles. The van der Waals surface area contributed by atoms with Gasteiger partial charge < -0.3 is 5.32 Å². The molecule has 0 spiro atoms. The molecule has 0 saturated heterocycles. The molecule has 25 heavy (non-hydrogen) atoms. The van der Waals surface area contributed by atoms with Crippen LogP contribution in [0.4, 0.5) is 0 Å². The molecule has 3 aromatic rings. The normalized spacial score (nSPS) is 11.0. The summed E-state index contributed by atoms with van der Waals surface area (Å²) in [4.78, 5) is 24.0. The molecule has 0 radical (unpaired) electrons. The van der Waals surface area contributed by atoms with Gasteiger partial charge in [-0.2, -0.15) is 0 Å². The Hall–Kier alpha value is -2.82. The first-order chi connectivity index (χ1) is 12.0. The number of aromatic nitrogens is 2. The summed E-state index contributed by atoms with van der Waals surface area (Å²) >= 11 is 0. The van der Waals surface area contributed by atoms with E-state index in [-0.39, 0.29) is 11.6 Å². The van der Waals surface area contributed by atoms with E-state index < -0.39 is 0 Å². The maximum absolute atomic E-state index is 12.1. The summed E-state index contributed by atoms with van der Waals surface area (Å²) < 4.78 is 3.29. The first-order valence-corrected chi connectivity index (χ1v) is 8.42. The molecule has 3 rings (SSSR count). The maximum Gasteiger partial charge on any atom is 0.328 e. The number of nitrogens with zero attached hydrogens (tertiary/aromatic N) is 2. The minimum atomic E-state index is -0.0291. The van der Waals surface area contributed by atoms with E-state index in [1.807, 2.05) is 49.4 Å². The first-order valence-electron chi connectivity index (χ1n) is 8.42. The van der Waals surface area contributed by atoms with Gasteiger partial charge in [-0.1, -0.05) is 35.9 Å². The molecule has 1 N–H and O–H groups in total. The van der Waals surface area contributed by atoms with Crippen molar-refractivity contribution in [2.45, 2.75) is 19.8 Å². The van der Waals surface area contributed by atoms with Crippen LogP contribution < -0.4 is 11.0 Å². The van der Waals surface area contributed by atoms with Gasteiger partial charge in [0.25, 0.3) is 0 Å². The SMILES string of the molecule is Cc1cccc(CC(=O)NCCc2ccc3c(c2)n(C)c(=O)n3C)c1. The fourth-order valence-corrected chi connectivity index (χ4v) is 3.12. The van der Waals surface area contributed by atoms with Gasteiger partial charge in [-0.3, -0.25) is 13.9 Å². The van der Waals surface area contributed by atoms with Crippen LogP contribution in [0.15, 0.2) is 47.3 Å². The van der Waals surface area contributed by atoms with Gasteiger partial charge in [-0.25, -0.2) is 4.79 Å². The lowest BCUT2D eigenvalue weighted by Gasteiger charge is -2.07. The van der Waals surface area contributed by atoms with Crippen molar-refractivity contribution < 1.29 is 4.79 Å². The van der Waals surface area contributed by atoms with Crippen LogP contribution >= 0.6 is 0 Å². The summed E-state index contributed by atoms with van der Waals surface area (Å²) in [6, 6.07) is 14.0. The summed E-state index contributed by atoms with van der Waals surface area (Å²) in [6.45, 7) is 2.60. The third-order valence-electron chi connectivity index (χ3n) is 4.52. The second-order valence-electron chi connectivity index (χ2n) is 6.49. The molecule has 0 bridgehead atoms. The third kappa shape index (κ3) is 3.65. The van der Waals surface area contributed by atoms with Gasteiger partial charge in [0.05, 0.1) is 17.5 Å². The molecule has 1 heterocycles. The Labute approximate surface area is 146 Å². The molecular weight excluding hydrogens is 314 g/mol. The van der Waals surface area contributed by atoms with Crippen molar-refractivity contribution in [1.82, 2.24) is 14.5 Å². The minimum absolute atomic E-state index is 0.0267. The topological polar surface area (TPSA) is 56.0 Å². The van der Waals surface area contributed by atoms with Crippen LogP contribution in [0.1, 0.15) is 16.7 Å². The molecule has 0 atom stereocenters. The Balaban J connectivity index is 1.60. The van der Waals surface area contributed by atoms with E-state index in [0.29, 0.717) is 13.0 Å². The molecule has 0 unspecified atom stereocenters. The monoisotopic (exact) mass is 337 g/mol. The minimum Gasteiger partial charge on any atom is -0.355 e. The molecule has 130 valence electrons. The highest BCUT2D eigenvalue weighted by Gasteiger charge is 2.08. The van der Waals surface area contributed by atoms with E-state index in [4.69, 9.17) is 0 Å². The van der Waals surface area contributed by atoms with E-state index in [1.54, 1.807) is 23.2 Å². The Kier molecular flexibility index (Phi) is 4.74. The number of hydrogen-bond donors (Lipinski definition) is 1. The van der Waals surface area contributed by atoms with E-state index in [9.17, 15) is 9.59 Å². The smallest absolute Gasteiger partial charge is 0.328 e. The van der Waals surface area contributed by atoms with Crippen molar-refractivity contribution in [2.24, 2.45) is 14.1 Å². The molecule has 0 fully saturated rings. The molecule has 1 amide bonds. The second-order valence-corrected chi connectivity index (χ2v) is 6.49. The second kappa shape index (κ2) is 6.97. The quantitative estimate of drug-likeness (QED) is 0.775. The molecule has 0 saturated carbocycles. The summed E-state index contributed by atoms with van der Waals surface area (Å²) in [5.41, 5.74) is 5.09. The van der Waals surface area contributed by atoms with Gasteiger partial charge in [0, 0.05) is 20.6 Å². The Morgan fingerprint density at radius 3 is 2.52 bits per heavy atom. The van der Waals surface area contributed by atoms with Gasteiger partial charge in [-0.05, 0) is 36.6 Å². The highest BCUT2D eigenvalue weighted by molar-refractivity contribution is 5.79. The summed E-state index contributed by atoms with van der Waals surface area (Å²) in [7, 11) is 3.55. The van der Waals surface area contributed by atoms with Crippen LogP contribution in [0, 0.1) is 6.92 Å². The maximum atomic E-state index is 12.1.